The summed E-state index contributed by atoms with van der Waals surface area (Å²) in [5.41, 5.74) is 2.23. The van der Waals surface area contributed by atoms with Crippen molar-refractivity contribution in [2.45, 2.75) is 6.92 Å². The van der Waals surface area contributed by atoms with Crippen molar-refractivity contribution in [2.24, 2.45) is 0 Å². The number of rotatable bonds is 2. The highest BCUT2D eigenvalue weighted by Gasteiger charge is 2.16. The third-order valence-electron chi connectivity index (χ3n) is 3.64. The summed E-state index contributed by atoms with van der Waals surface area (Å²) in [5, 5.41) is 0.799. The predicted molar refractivity (Wildman–Crippen MR) is 84.0 cm³/mol. The maximum Gasteiger partial charge on any atom is 0.345 e. The first kappa shape index (κ1) is 13.6. The number of aryl methyl sites for hydroxylation is 1. The van der Waals surface area contributed by atoms with Crippen LogP contribution in [-0.2, 0) is 0 Å². The van der Waals surface area contributed by atoms with Crippen LogP contribution >= 0.6 is 0 Å². The molecule has 23 heavy (non-hydrogen) atoms. The fourth-order valence-electron chi connectivity index (χ4n) is 2.40. The molecule has 0 N–H and O–H groups in total. The molecule has 0 saturated heterocycles. The van der Waals surface area contributed by atoms with Crippen molar-refractivity contribution in [1.82, 2.24) is 4.98 Å². The summed E-state index contributed by atoms with van der Waals surface area (Å²) in [5.74, 6) is 1.38. The monoisotopic (exact) mass is 307 g/mol. The Morgan fingerprint density at radius 3 is 2.61 bits per heavy atom. The van der Waals surface area contributed by atoms with Crippen LogP contribution < -0.4 is 14.2 Å². The lowest BCUT2D eigenvalue weighted by Crippen LogP contribution is -2.08. The van der Waals surface area contributed by atoms with E-state index in [0.717, 1.165) is 16.5 Å². The van der Waals surface area contributed by atoms with Crippen molar-refractivity contribution in [3.8, 4) is 17.2 Å². The Labute approximate surface area is 132 Å². The summed E-state index contributed by atoms with van der Waals surface area (Å²) in [6, 6.07) is 12.7. The minimum Gasteiger partial charge on any atom is -0.454 e. The van der Waals surface area contributed by atoms with Crippen molar-refractivity contribution in [2.75, 3.05) is 6.79 Å². The Kier molecular flexibility index (Phi) is 3.12. The van der Waals surface area contributed by atoms with Crippen molar-refractivity contribution in [1.29, 1.82) is 0 Å². The fourth-order valence-corrected chi connectivity index (χ4v) is 2.40. The maximum absolute atomic E-state index is 12.3. The van der Waals surface area contributed by atoms with E-state index in [9.17, 15) is 4.79 Å². The number of pyridine rings is 1. The highest BCUT2D eigenvalue weighted by molar-refractivity contribution is 5.95. The van der Waals surface area contributed by atoms with Crippen molar-refractivity contribution >= 4 is 16.9 Å². The number of carbonyl (C=O) groups is 1. The second kappa shape index (κ2) is 5.28. The van der Waals surface area contributed by atoms with E-state index in [-0.39, 0.29) is 6.79 Å². The Balaban J connectivity index is 1.64. The van der Waals surface area contributed by atoms with Gasteiger partial charge in [0.2, 0.25) is 6.79 Å². The quantitative estimate of drug-likeness (QED) is 0.536. The van der Waals surface area contributed by atoms with Crippen LogP contribution in [0.4, 0.5) is 0 Å². The van der Waals surface area contributed by atoms with Gasteiger partial charge in [0.05, 0.1) is 11.1 Å². The first-order chi connectivity index (χ1) is 11.2. The first-order valence-electron chi connectivity index (χ1n) is 7.17. The Bertz CT molecular complexity index is 903. The average molecular weight is 307 g/mol. The lowest BCUT2D eigenvalue weighted by molar-refractivity contribution is 0.0734. The van der Waals surface area contributed by atoms with Crippen LogP contribution in [0.1, 0.15) is 15.9 Å². The number of hydrogen-bond acceptors (Lipinski definition) is 5. The molecule has 0 radical (unpaired) electrons. The van der Waals surface area contributed by atoms with Crippen LogP contribution in [0.5, 0.6) is 17.2 Å². The van der Waals surface area contributed by atoms with Crippen LogP contribution in [0.3, 0.4) is 0 Å². The Morgan fingerprint density at radius 1 is 1.09 bits per heavy atom. The van der Waals surface area contributed by atoms with E-state index in [1.807, 2.05) is 25.1 Å². The molecule has 2 aromatic carbocycles. The molecule has 0 saturated carbocycles. The summed E-state index contributed by atoms with van der Waals surface area (Å²) in [6.07, 6.45) is 1.50. The molecule has 0 aliphatic carbocycles. The molecular formula is C18H13NO4. The number of hydrogen-bond donors (Lipinski definition) is 0. The van der Waals surface area contributed by atoms with Gasteiger partial charge in [0.25, 0.3) is 0 Å². The third-order valence-corrected chi connectivity index (χ3v) is 3.64. The third kappa shape index (κ3) is 2.57. The molecular weight excluding hydrogens is 294 g/mol. The second-order valence-electron chi connectivity index (χ2n) is 5.32. The van der Waals surface area contributed by atoms with E-state index < -0.39 is 5.97 Å². The lowest BCUT2D eigenvalue weighted by Gasteiger charge is -2.06. The number of fused-ring (bicyclic) bond motifs is 2. The minimum atomic E-state index is -0.444. The van der Waals surface area contributed by atoms with Crippen molar-refractivity contribution < 1.29 is 19.0 Å². The molecule has 1 aliphatic heterocycles. The molecule has 5 nitrogen and oxygen atoms in total. The molecule has 0 spiro atoms. The van der Waals surface area contributed by atoms with E-state index in [1.54, 1.807) is 24.3 Å². The van der Waals surface area contributed by atoms with Gasteiger partial charge in [-0.25, -0.2) is 4.79 Å². The normalized spacial score (nSPS) is 12.4. The Hall–Kier alpha value is -3.08. The zero-order valence-electron chi connectivity index (χ0n) is 12.4. The number of carbonyl (C=O) groups excluding carboxylic acids is 1. The molecule has 1 aromatic heterocycles. The van der Waals surface area contributed by atoms with Gasteiger partial charge in [-0.2, -0.15) is 0 Å². The van der Waals surface area contributed by atoms with Crippen molar-refractivity contribution in [3.63, 3.8) is 0 Å². The molecule has 114 valence electrons. The van der Waals surface area contributed by atoms with Crippen LogP contribution in [0.25, 0.3) is 10.9 Å². The van der Waals surface area contributed by atoms with Crippen LogP contribution in [0.15, 0.2) is 48.7 Å². The van der Waals surface area contributed by atoms with E-state index in [1.165, 1.54) is 6.20 Å². The number of aromatic nitrogens is 1. The van der Waals surface area contributed by atoms with E-state index >= 15 is 0 Å². The summed E-state index contributed by atoms with van der Waals surface area (Å²) >= 11 is 0. The van der Waals surface area contributed by atoms with Gasteiger partial charge in [-0.05, 0) is 31.2 Å². The van der Waals surface area contributed by atoms with Gasteiger partial charge < -0.3 is 14.2 Å². The van der Waals surface area contributed by atoms with Gasteiger partial charge in [0, 0.05) is 17.6 Å². The fraction of sp³-hybridized carbons (Fsp3) is 0.111. The summed E-state index contributed by atoms with van der Waals surface area (Å²) in [4.78, 5) is 16.6. The van der Waals surface area contributed by atoms with Crippen LogP contribution in [0.2, 0.25) is 0 Å². The second-order valence-corrected chi connectivity index (χ2v) is 5.32. The molecule has 2 heterocycles. The SMILES string of the molecule is Cc1ccc(OC(=O)c2cnc3cc4c(cc3c2)OCO4)cc1. The largest absolute Gasteiger partial charge is 0.454 e. The summed E-state index contributed by atoms with van der Waals surface area (Å²) in [7, 11) is 0. The molecule has 1 aliphatic rings. The van der Waals surface area contributed by atoms with Crippen molar-refractivity contribution in [3.05, 3.63) is 59.8 Å². The standard InChI is InChI=1S/C18H13NO4/c1-11-2-4-14(5-3-11)23-18(20)13-6-12-7-16-17(22-10-21-16)8-15(12)19-9-13/h2-9H,10H2,1H3. The van der Waals surface area contributed by atoms with Gasteiger partial charge in [0.1, 0.15) is 5.75 Å². The molecule has 4 rings (SSSR count). The highest BCUT2D eigenvalue weighted by atomic mass is 16.7. The minimum absolute atomic E-state index is 0.202. The summed E-state index contributed by atoms with van der Waals surface area (Å²) < 4.78 is 16.0. The first-order valence-corrected chi connectivity index (χ1v) is 7.17. The zero-order chi connectivity index (χ0) is 15.8. The van der Waals surface area contributed by atoms with E-state index in [0.29, 0.717) is 22.8 Å². The molecule has 5 heteroatoms. The smallest absolute Gasteiger partial charge is 0.345 e. The number of benzene rings is 2. The molecule has 0 fully saturated rings. The van der Waals surface area contributed by atoms with Gasteiger partial charge >= 0.3 is 5.97 Å². The predicted octanol–water partition coefficient (Wildman–Crippen LogP) is 3.49. The van der Waals surface area contributed by atoms with E-state index in [4.69, 9.17) is 14.2 Å². The zero-order valence-corrected chi connectivity index (χ0v) is 12.4. The van der Waals surface area contributed by atoms with Crippen LogP contribution in [0, 0.1) is 6.92 Å². The number of esters is 1. The maximum atomic E-state index is 12.3. The van der Waals surface area contributed by atoms with Gasteiger partial charge in [-0.3, -0.25) is 4.98 Å². The number of nitrogens with zero attached hydrogens (tertiary/aromatic N) is 1. The molecule has 3 aromatic rings. The molecule has 0 amide bonds. The average Bonchev–Trinajstić information content (AvgIpc) is 3.01. The lowest BCUT2D eigenvalue weighted by atomic mass is 10.1. The highest BCUT2D eigenvalue weighted by Crippen LogP contribution is 2.35. The Morgan fingerprint density at radius 2 is 1.83 bits per heavy atom. The van der Waals surface area contributed by atoms with Crippen LogP contribution in [-0.4, -0.2) is 17.7 Å². The van der Waals surface area contributed by atoms with Gasteiger partial charge in [-0.15, -0.1) is 0 Å². The molecule has 0 unspecified atom stereocenters. The molecule has 0 bridgehead atoms. The molecule has 0 atom stereocenters. The summed E-state index contributed by atoms with van der Waals surface area (Å²) in [6.45, 7) is 2.18. The topological polar surface area (TPSA) is 57.7 Å². The van der Waals surface area contributed by atoms with Gasteiger partial charge in [0.15, 0.2) is 11.5 Å². The van der Waals surface area contributed by atoms with E-state index in [2.05, 4.69) is 4.98 Å². The van der Waals surface area contributed by atoms with Gasteiger partial charge in [-0.1, -0.05) is 17.7 Å². The number of ether oxygens (including phenoxy) is 3.